The molecule has 1 spiro atoms. The molecule has 5 heterocycles. The quantitative estimate of drug-likeness (QED) is 0.630. The Bertz CT molecular complexity index is 1040. The van der Waals surface area contributed by atoms with Crippen LogP contribution in [0.2, 0.25) is 5.02 Å². The lowest BCUT2D eigenvalue weighted by Crippen LogP contribution is -2.42. The van der Waals surface area contributed by atoms with Crippen molar-refractivity contribution >= 4 is 40.7 Å². The molecule has 0 radical (unpaired) electrons. The minimum atomic E-state index is 0.326. The lowest BCUT2D eigenvalue weighted by atomic mass is 9.78. The summed E-state index contributed by atoms with van der Waals surface area (Å²) in [4.78, 5) is 23.2. The molecule has 0 amide bonds. The van der Waals surface area contributed by atoms with Crippen LogP contribution in [0, 0.1) is 5.41 Å². The van der Waals surface area contributed by atoms with Gasteiger partial charge >= 0.3 is 0 Å². The molecule has 2 aliphatic heterocycles. The van der Waals surface area contributed by atoms with Gasteiger partial charge in [0, 0.05) is 43.5 Å². The van der Waals surface area contributed by atoms with Gasteiger partial charge in [0.1, 0.15) is 16.7 Å². The Labute approximate surface area is 191 Å². The Balaban J connectivity index is 1.20. The van der Waals surface area contributed by atoms with E-state index in [1.165, 1.54) is 36.7 Å². The highest BCUT2D eigenvalue weighted by Gasteiger charge is 2.40. The van der Waals surface area contributed by atoms with Crippen molar-refractivity contribution in [2.75, 3.05) is 41.7 Å². The zero-order valence-corrected chi connectivity index (χ0v) is 18.7. The molecular weight excluding hydrogens is 430 g/mol. The third kappa shape index (κ3) is 4.27. The minimum absolute atomic E-state index is 0.326. The standard InChI is InChI=1S/C22H24ClN7S/c23-20-17(3-8-26-21(20)24)31-19-14-27-18(13-28-19)29-9-4-22(5-10-29)6-11-30(15-22)16-2-1-7-25-12-16/h1-3,7-8,12-14H,4-6,9-11,15H2,(H2,24,26). The topological polar surface area (TPSA) is 84.1 Å². The molecule has 0 saturated carbocycles. The number of aromatic nitrogens is 4. The molecule has 0 aromatic carbocycles. The molecule has 3 aromatic rings. The van der Waals surface area contributed by atoms with E-state index in [0.717, 1.165) is 41.9 Å². The van der Waals surface area contributed by atoms with E-state index in [0.29, 0.717) is 16.3 Å². The van der Waals surface area contributed by atoms with Gasteiger partial charge in [-0.25, -0.2) is 15.0 Å². The van der Waals surface area contributed by atoms with Crippen LogP contribution in [-0.2, 0) is 0 Å². The van der Waals surface area contributed by atoms with E-state index in [2.05, 4.69) is 35.8 Å². The molecular formula is C22H24ClN7S. The molecule has 31 heavy (non-hydrogen) atoms. The third-order valence-electron chi connectivity index (χ3n) is 6.31. The van der Waals surface area contributed by atoms with E-state index >= 15 is 0 Å². The summed E-state index contributed by atoms with van der Waals surface area (Å²) >= 11 is 7.68. The lowest BCUT2D eigenvalue weighted by molar-refractivity contribution is 0.250. The van der Waals surface area contributed by atoms with Gasteiger partial charge in [0.15, 0.2) is 0 Å². The highest BCUT2D eigenvalue weighted by molar-refractivity contribution is 7.99. The number of hydrogen-bond donors (Lipinski definition) is 1. The lowest BCUT2D eigenvalue weighted by Gasteiger charge is -2.39. The first-order valence-electron chi connectivity index (χ1n) is 10.4. The Morgan fingerprint density at radius 1 is 0.935 bits per heavy atom. The van der Waals surface area contributed by atoms with Gasteiger partial charge in [-0.15, -0.1) is 0 Å². The molecule has 160 valence electrons. The average molecular weight is 454 g/mol. The van der Waals surface area contributed by atoms with Gasteiger partial charge in [0.05, 0.1) is 29.3 Å². The van der Waals surface area contributed by atoms with Gasteiger partial charge < -0.3 is 15.5 Å². The van der Waals surface area contributed by atoms with Gasteiger partial charge in [0.2, 0.25) is 0 Å². The number of nitrogen functional groups attached to an aromatic ring is 1. The van der Waals surface area contributed by atoms with Crippen LogP contribution in [0.1, 0.15) is 19.3 Å². The van der Waals surface area contributed by atoms with E-state index in [9.17, 15) is 0 Å². The van der Waals surface area contributed by atoms with E-state index in [4.69, 9.17) is 17.3 Å². The summed E-state index contributed by atoms with van der Waals surface area (Å²) in [5.41, 5.74) is 7.41. The molecule has 0 atom stereocenters. The molecule has 5 rings (SSSR count). The molecule has 0 aliphatic carbocycles. The summed E-state index contributed by atoms with van der Waals surface area (Å²) in [5, 5.41) is 1.24. The first kappa shape index (κ1) is 20.3. The van der Waals surface area contributed by atoms with Crippen LogP contribution in [0.5, 0.6) is 0 Å². The summed E-state index contributed by atoms with van der Waals surface area (Å²) in [6.45, 7) is 4.24. The summed E-state index contributed by atoms with van der Waals surface area (Å²) in [5.74, 6) is 1.26. The number of hydrogen-bond acceptors (Lipinski definition) is 8. The molecule has 9 heteroatoms. The predicted octanol–water partition coefficient (Wildman–Crippen LogP) is 4.15. The zero-order valence-electron chi connectivity index (χ0n) is 17.1. The fraction of sp³-hybridized carbons (Fsp3) is 0.364. The Kier molecular flexibility index (Phi) is 5.58. The molecule has 0 bridgehead atoms. The Morgan fingerprint density at radius 3 is 2.45 bits per heavy atom. The van der Waals surface area contributed by atoms with Crippen molar-refractivity contribution in [2.45, 2.75) is 29.2 Å². The van der Waals surface area contributed by atoms with E-state index in [1.807, 2.05) is 30.7 Å². The highest BCUT2D eigenvalue weighted by Crippen LogP contribution is 2.42. The van der Waals surface area contributed by atoms with Gasteiger partial charge in [-0.1, -0.05) is 23.4 Å². The van der Waals surface area contributed by atoms with Crippen LogP contribution in [0.25, 0.3) is 0 Å². The minimum Gasteiger partial charge on any atom is -0.382 e. The number of rotatable bonds is 4. The third-order valence-corrected chi connectivity index (χ3v) is 7.80. The number of anilines is 3. The molecule has 2 saturated heterocycles. The molecule has 2 aliphatic rings. The SMILES string of the molecule is Nc1nccc(Sc2cnc(N3CCC4(CCN(c5cccnc5)C4)CC3)cn2)c1Cl. The van der Waals surface area contributed by atoms with Crippen LogP contribution in [0.4, 0.5) is 17.3 Å². The summed E-state index contributed by atoms with van der Waals surface area (Å²) in [6, 6.07) is 6.00. The summed E-state index contributed by atoms with van der Waals surface area (Å²) in [6.07, 6.45) is 12.7. The van der Waals surface area contributed by atoms with Crippen LogP contribution >= 0.6 is 23.4 Å². The van der Waals surface area contributed by atoms with Crippen molar-refractivity contribution in [2.24, 2.45) is 5.41 Å². The maximum Gasteiger partial charge on any atom is 0.147 e. The number of piperidine rings is 1. The van der Waals surface area contributed by atoms with E-state index in [-0.39, 0.29) is 0 Å². The normalized spacial score (nSPS) is 18.0. The summed E-state index contributed by atoms with van der Waals surface area (Å²) < 4.78 is 0. The van der Waals surface area contributed by atoms with E-state index < -0.39 is 0 Å². The first-order chi connectivity index (χ1) is 15.1. The number of halogens is 1. The zero-order chi connectivity index (χ0) is 21.3. The first-order valence-corrected chi connectivity index (χ1v) is 11.6. The van der Waals surface area contributed by atoms with Crippen molar-refractivity contribution < 1.29 is 0 Å². The van der Waals surface area contributed by atoms with Gasteiger partial charge in [-0.3, -0.25) is 4.98 Å². The predicted molar refractivity (Wildman–Crippen MR) is 125 cm³/mol. The molecule has 0 unspecified atom stereocenters. The fourth-order valence-corrected chi connectivity index (χ4v) is 5.46. The second-order valence-electron chi connectivity index (χ2n) is 8.19. The van der Waals surface area contributed by atoms with Crippen molar-refractivity contribution in [3.63, 3.8) is 0 Å². The van der Waals surface area contributed by atoms with Crippen LogP contribution in [0.15, 0.2) is 59.1 Å². The van der Waals surface area contributed by atoms with Crippen LogP contribution in [-0.4, -0.2) is 46.1 Å². The number of pyridine rings is 2. The smallest absolute Gasteiger partial charge is 0.147 e. The highest BCUT2D eigenvalue weighted by atomic mass is 35.5. The monoisotopic (exact) mass is 453 g/mol. The maximum absolute atomic E-state index is 6.23. The van der Waals surface area contributed by atoms with E-state index in [1.54, 1.807) is 12.4 Å². The molecule has 2 fully saturated rings. The van der Waals surface area contributed by atoms with Crippen molar-refractivity contribution in [3.05, 3.63) is 54.2 Å². The largest absolute Gasteiger partial charge is 0.382 e. The molecule has 7 nitrogen and oxygen atoms in total. The number of nitrogens with zero attached hydrogens (tertiary/aromatic N) is 6. The van der Waals surface area contributed by atoms with Crippen LogP contribution < -0.4 is 15.5 Å². The molecule has 2 N–H and O–H groups in total. The van der Waals surface area contributed by atoms with Gasteiger partial charge in [-0.05, 0) is 42.9 Å². The van der Waals surface area contributed by atoms with Crippen molar-refractivity contribution in [3.8, 4) is 0 Å². The second kappa shape index (κ2) is 8.51. The van der Waals surface area contributed by atoms with Gasteiger partial charge in [-0.2, -0.15) is 0 Å². The fourth-order valence-electron chi connectivity index (χ4n) is 4.47. The number of nitrogens with two attached hydrogens (primary N) is 1. The van der Waals surface area contributed by atoms with Crippen LogP contribution in [0.3, 0.4) is 0 Å². The average Bonchev–Trinajstić information content (AvgIpc) is 3.22. The maximum atomic E-state index is 6.23. The van der Waals surface area contributed by atoms with Crippen molar-refractivity contribution in [1.29, 1.82) is 0 Å². The Morgan fingerprint density at radius 2 is 1.74 bits per heavy atom. The summed E-state index contributed by atoms with van der Waals surface area (Å²) in [7, 11) is 0. The van der Waals surface area contributed by atoms with Gasteiger partial charge in [0.25, 0.3) is 0 Å². The second-order valence-corrected chi connectivity index (χ2v) is 9.63. The van der Waals surface area contributed by atoms with Crippen molar-refractivity contribution in [1.82, 2.24) is 19.9 Å². The Hall–Kier alpha value is -2.58. The molecule has 3 aromatic heterocycles.